The van der Waals surface area contributed by atoms with E-state index in [0.717, 1.165) is 12.1 Å². The fourth-order valence-corrected chi connectivity index (χ4v) is 1.35. The van der Waals surface area contributed by atoms with E-state index in [2.05, 4.69) is 0 Å². The molecule has 0 heterocycles. The minimum Gasteiger partial charge on any atom is -0.491 e. The summed E-state index contributed by atoms with van der Waals surface area (Å²) >= 11 is 0. The fraction of sp³-hybridized carbons (Fsp3) is 0.500. The third-order valence-electron chi connectivity index (χ3n) is 2.13. The predicted octanol–water partition coefficient (Wildman–Crippen LogP) is 0.699. The minimum absolute atomic E-state index is 0.113. The van der Waals surface area contributed by atoms with Crippen LogP contribution >= 0.6 is 0 Å². The van der Waals surface area contributed by atoms with Crippen molar-refractivity contribution in [3.63, 3.8) is 0 Å². The van der Waals surface area contributed by atoms with E-state index in [1.165, 1.54) is 6.07 Å². The maximum atomic E-state index is 13.0. The van der Waals surface area contributed by atoms with Crippen molar-refractivity contribution in [2.45, 2.75) is 26.4 Å². The normalized spacial score (nSPS) is 11.4. The molecule has 6 heteroatoms. The summed E-state index contributed by atoms with van der Waals surface area (Å²) in [6, 6.07) is 3.54. The van der Waals surface area contributed by atoms with Gasteiger partial charge in [0.1, 0.15) is 18.2 Å². The molecule has 1 aromatic carbocycles. The molecule has 100 valence electrons. The lowest BCUT2D eigenvalue weighted by Gasteiger charge is -2.20. The first-order valence-corrected chi connectivity index (χ1v) is 5.72. The molecular formula is C12H18BFO4. The second kappa shape index (κ2) is 6.18. The van der Waals surface area contributed by atoms with Crippen molar-refractivity contribution in [2.24, 2.45) is 0 Å². The topological polar surface area (TPSA) is 58.9 Å². The molecule has 0 unspecified atom stereocenters. The predicted molar refractivity (Wildman–Crippen MR) is 67.4 cm³/mol. The van der Waals surface area contributed by atoms with Crippen molar-refractivity contribution in [3.8, 4) is 5.75 Å². The van der Waals surface area contributed by atoms with Crippen LogP contribution in [0.4, 0.5) is 4.39 Å². The van der Waals surface area contributed by atoms with Crippen molar-refractivity contribution in [3.05, 3.63) is 24.0 Å². The van der Waals surface area contributed by atoms with E-state index in [4.69, 9.17) is 19.5 Å². The molecule has 1 rings (SSSR count). The Bertz CT molecular complexity index is 390. The van der Waals surface area contributed by atoms with E-state index >= 15 is 0 Å². The third kappa shape index (κ3) is 5.04. The van der Waals surface area contributed by atoms with Gasteiger partial charge in [-0.2, -0.15) is 0 Å². The Morgan fingerprint density at radius 2 is 1.89 bits per heavy atom. The summed E-state index contributed by atoms with van der Waals surface area (Å²) in [6.45, 7) is 6.29. The summed E-state index contributed by atoms with van der Waals surface area (Å²) < 4.78 is 23.8. The second-order valence-electron chi connectivity index (χ2n) is 4.87. The van der Waals surface area contributed by atoms with Crippen LogP contribution in [-0.2, 0) is 4.74 Å². The second-order valence-corrected chi connectivity index (χ2v) is 4.87. The highest BCUT2D eigenvalue weighted by Gasteiger charge is 2.18. The summed E-state index contributed by atoms with van der Waals surface area (Å²) in [5, 5.41) is 18.2. The first-order chi connectivity index (χ1) is 8.29. The summed E-state index contributed by atoms with van der Waals surface area (Å²) in [4.78, 5) is 0. The third-order valence-corrected chi connectivity index (χ3v) is 2.13. The fourth-order valence-electron chi connectivity index (χ4n) is 1.35. The number of rotatable bonds is 5. The van der Waals surface area contributed by atoms with Gasteiger partial charge in [-0.25, -0.2) is 4.39 Å². The van der Waals surface area contributed by atoms with E-state index < -0.39 is 12.9 Å². The van der Waals surface area contributed by atoms with Crippen LogP contribution in [0.15, 0.2) is 18.2 Å². The lowest BCUT2D eigenvalue weighted by molar-refractivity contribution is -0.0162. The average Bonchev–Trinajstić information content (AvgIpc) is 2.22. The van der Waals surface area contributed by atoms with Crippen molar-refractivity contribution < 1.29 is 23.9 Å². The van der Waals surface area contributed by atoms with Gasteiger partial charge in [-0.3, -0.25) is 0 Å². The first-order valence-electron chi connectivity index (χ1n) is 5.72. The van der Waals surface area contributed by atoms with Crippen molar-refractivity contribution >= 4 is 12.6 Å². The molecule has 4 nitrogen and oxygen atoms in total. The monoisotopic (exact) mass is 256 g/mol. The highest BCUT2D eigenvalue weighted by atomic mass is 19.1. The van der Waals surface area contributed by atoms with Gasteiger partial charge in [-0.1, -0.05) is 6.07 Å². The largest absolute Gasteiger partial charge is 0.492 e. The molecule has 18 heavy (non-hydrogen) atoms. The smallest absolute Gasteiger partial charge is 0.491 e. The van der Waals surface area contributed by atoms with Crippen molar-refractivity contribution in [1.29, 1.82) is 0 Å². The van der Waals surface area contributed by atoms with Gasteiger partial charge >= 0.3 is 7.12 Å². The lowest BCUT2D eigenvalue weighted by atomic mass is 9.79. The summed E-state index contributed by atoms with van der Waals surface area (Å²) in [6.07, 6.45) is 0. The molecule has 0 atom stereocenters. The summed E-state index contributed by atoms with van der Waals surface area (Å²) in [7, 11) is -1.69. The van der Waals surface area contributed by atoms with Crippen LogP contribution in [0.1, 0.15) is 20.8 Å². The number of hydrogen-bond donors (Lipinski definition) is 2. The molecule has 0 saturated heterocycles. The van der Waals surface area contributed by atoms with E-state index in [9.17, 15) is 4.39 Å². The van der Waals surface area contributed by atoms with E-state index in [-0.39, 0.29) is 23.4 Å². The minimum atomic E-state index is -1.69. The van der Waals surface area contributed by atoms with Gasteiger partial charge in [0.15, 0.2) is 0 Å². The molecular weight excluding hydrogens is 238 g/mol. The number of benzene rings is 1. The van der Waals surface area contributed by atoms with Crippen LogP contribution in [0.2, 0.25) is 0 Å². The Kier molecular flexibility index (Phi) is 5.13. The van der Waals surface area contributed by atoms with Crippen LogP contribution in [-0.4, -0.2) is 36.0 Å². The van der Waals surface area contributed by atoms with Gasteiger partial charge in [0, 0.05) is 11.5 Å². The van der Waals surface area contributed by atoms with E-state index in [0.29, 0.717) is 6.61 Å². The molecule has 0 aliphatic heterocycles. The van der Waals surface area contributed by atoms with Gasteiger partial charge in [-0.15, -0.1) is 0 Å². The zero-order valence-electron chi connectivity index (χ0n) is 10.8. The molecule has 0 radical (unpaired) electrons. The van der Waals surface area contributed by atoms with Gasteiger partial charge in [0.25, 0.3) is 0 Å². The molecule has 0 fully saturated rings. The maximum absolute atomic E-state index is 13.0. The van der Waals surface area contributed by atoms with Crippen molar-refractivity contribution in [2.75, 3.05) is 13.2 Å². The Morgan fingerprint density at radius 3 is 2.44 bits per heavy atom. The Morgan fingerprint density at radius 1 is 1.22 bits per heavy atom. The number of hydrogen-bond acceptors (Lipinski definition) is 4. The lowest BCUT2D eigenvalue weighted by Crippen LogP contribution is -2.32. The standard InChI is InChI=1S/C12H18BFO4/c1-12(2,3)18-7-6-17-11-8-9(14)4-5-10(11)13(15)16/h4-5,8,15-16H,6-7H2,1-3H3. The Balaban J connectivity index is 2.58. The zero-order chi connectivity index (χ0) is 13.8. The molecule has 0 amide bonds. The molecule has 1 aromatic rings. The Hall–Kier alpha value is -1.11. The van der Waals surface area contributed by atoms with E-state index in [1.54, 1.807) is 0 Å². The molecule has 0 aromatic heterocycles. The summed E-state index contributed by atoms with van der Waals surface area (Å²) in [5.41, 5.74) is -0.142. The van der Waals surface area contributed by atoms with Gasteiger partial charge in [0.05, 0.1) is 12.2 Å². The molecule has 2 N–H and O–H groups in total. The highest BCUT2D eigenvalue weighted by molar-refractivity contribution is 6.59. The SMILES string of the molecule is CC(C)(C)OCCOc1cc(F)ccc1B(O)O. The van der Waals surface area contributed by atoms with Gasteiger partial charge < -0.3 is 19.5 Å². The molecule has 0 spiro atoms. The van der Waals surface area contributed by atoms with Crippen LogP contribution in [0.3, 0.4) is 0 Å². The van der Waals surface area contributed by atoms with Gasteiger partial charge in [-0.05, 0) is 26.8 Å². The van der Waals surface area contributed by atoms with Crippen LogP contribution in [0.5, 0.6) is 5.75 Å². The zero-order valence-corrected chi connectivity index (χ0v) is 10.8. The van der Waals surface area contributed by atoms with Crippen LogP contribution in [0.25, 0.3) is 0 Å². The quantitative estimate of drug-likeness (QED) is 0.601. The molecule has 0 saturated carbocycles. The summed E-state index contributed by atoms with van der Waals surface area (Å²) in [5.74, 6) is -0.381. The van der Waals surface area contributed by atoms with Crippen LogP contribution in [0, 0.1) is 5.82 Å². The average molecular weight is 256 g/mol. The van der Waals surface area contributed by atoms with Gasteiger partial charge in [0.2, 0.25) is 0 Å². The number of ether oxygens (including phenoxy) is 2. The van der Waals surface area contributed by atoms with Crippen LogP contribution < -0.4 is 10.2 Å². The van der Waals surface area contributed by atoms with E-state index in [1.807, 2.05) is 20.8 Å². The number of halogens is 1. The first kappa shape index (κ1) is 15.0. The molecule has 0 bridgehead atoms. The highest BCUT2D eigenvalue weighted by Crippen LogP contribution is 2.11. The molecule has 0 aliphatic rings. The van der Waals surface area contributed by atoms with Crippen molar-refractivity contribution in [1.82, 2.24) is 0 Å². The molecule has 0 aliphatic carbocycles. The maximum Gasteiger partial charge on any atom is 0.492 e. The Labute approximate surface area is 106 Å².